The quantitative estimate of drug-likeness (QED) is 0.632. The highest BCUT2D eigenvalue weighted by Crippen LogP contribution is 2.49. The number of benzene rings is 1. The van der Waals surface area contributed by atoms with Crippen LogP contribution in [-0.2, 0) is 0 Å². The van der Waals surface area contributed by atoms with Gasteiger partial charge in [0.05, 0.1) is 5.56 Å². The van der Waals surface area contributed by atoms with Gasteiger partial charge in [-0.25, -0.2) is 4.39 Å². The lowest BCUT2D eigenvalue weighted by Crippen LogP contribution is -2.48. The van der Waals surface area contributed by atoms with Crippen molar-refractivity contribution in [3.63, 3.8) is 0 Å². The monoisotopic (exact) mass is 279 g/mol. The third-order valence-corrected chi connectivity index (χ3v) is 3.12. The van der Waals surface area contributed by atoms with E-state index in [1.165, 1.54) is 6.07 Å². The Kier molecular flexibility index (Phi) is 3.04. The topological polar surface area (TPSA) is 29.1 Å². The summed E-state index contributed by atoms with van der Waals surface area (Å²) < 4.78 is 51.2. The van der Waals surface area contributed by atoms with Crippen LogP contribution < -0.4 is 5.32 Å². The van der Waals surface area contributed by atoms with E-state index in [4.69, 9.17) is 0 Å². The SMILES string of the molecule is O=C(NC1(C(F)(F)F)CC1)c1cc(S)ccc1F. The van der Waals surface area contributed by atoms with Crippen molar-refractivity contribution in [2.75, 3.05) is 0 Å². The molecule has 2 nitrogen and oxygen atoms in total. The van der Waals surface area contributed by atoms with Crippen molar-refractivity contribution >= 4 is 18.5 Å². The van der Waals surface area contributed by atoms with Crippen molar-refractivity contribution in [1.29, 1.82) is 0 Å². The van der Waals surface area contributed by atoms with Gasteiger partial charge in [-0.1, -0.05) is 0 Å². The summed E-state index contributed by atoms with van der Waals surface area (Å²) >= 11 is 3.91. The van der Waals surface area contributed by atoms with Crippen molar-refractivity contribution in [3.05, 3.63) is 29.6 Å². The van der Waals surface area contributed by atoms with Crippen molar-refractivity contribution in [1.82, 2.24) is 5.32 Å². The van der Waals surface area contributed by atoms with Gasteiger partial charge in [0, 0.05) is 4.90 Å². The molecule has 98 valence electrons. The predicted octanol–water partition coefficient (Wildman–Crippen LogP) is 2.94. The smallest absolute Gasteiger partial charge is 0.338 e. The number of rotatable bonds is 2. The van der Waals surface area contributed by atoms with Crippen LogP contribution in [0.15, 0.2) is 23.1 Å². The highest BCUT2D eigenvalue weighted by Gasteiger charge is 2.64. The van der Waals surface area contributed by atoms with Crippen LogP contribution in [0.5, 0.6) is 0 Å². The molecule has 1 aliphatic rings. The maximum atomic E-state index is 13.3. The normalized spacial score (nSPS) is 17.4. The summed E-state index contributed by atoms with van der Waals surface area (Å²) in [5, 5.41) is 1.85. The van der Waals surface area contributed by atoms with Crippen LogP contribution in [0.25, 0.3) is 0 Å². The molecule has 0 saturated heterocycles. The lowest BCUT2D eigenvalue weighted by molar-refractivity contribution is -0.163. The molecule has 1 N–H and O–H groups in total. The molecule has 0 aliphatic heterocycles. The Morgan fingerprint density at radius 3 is 2.44 bits per heavy atom. The minimum absolute atomic E-state index is 0.176. The number of carbonyl (C=O) groups is 1. The summed E-state index contributed by atoms with van der Waals surface area (Å²) in [7, 11) is 0. The molecule has 1 amide bonds. The molecular formula is C11H9F4NOS. The number of hydrogen-bond donors (Lipinski definition) is 2. The molecule has 0 heterocycles. The molecule has 0 atom stereocenters. The molecule has 0 bridgehead atoms. The molecule has 0 spiro atoms. The second kappa shape index (κ2) is 4.15. The Balaban J connectivity index is 2.21. The fourth-order valence-electron chi connectivity index (χ4n) is 1.58. The van der Waals surface area contributed by atoms with Crippen LogP contribution in [-0.4, -0.2) is 17.6 Å². The first-order valence-corrected chi connectivity index (χ1v) is 5.58. The van der Waals surface area contributed by atoms with Gasteiger partial charge in [-0.05, 0) is 31.0 Å². The van der Waals surface area contributed by atoms with Gasteiger partial charge in [-0.2, -0.15) is 13.2 Å². The van der Waals surface area contributed by atoms with Gasteiger partial charge in [-0.15, -0.1) is 12.6 Å². The highest BCUT2D eigenvalue weighted by atomic mass is 32.1. The lowest BCUT2D eigenvalue weighted by Gasteiger charge is -2.20. The summed E-state index contributed by atoms with van der Waals surface area (Å²) in [6, 6.07) is 3.40. The maximum Gasteiger partial charge on any atom is 0.411 e. The van der Waals surface area contributed by atoms with Gasteiger partial charge >= 0.3 is 6.18 Å². The molecule has 0 aromatic heterocycles. The van der Waals surface area contributed by atoms with E-state index in [0.29, 0.717) is 4.90 Å². The molecule has 1 aromatic rings. The van der Waals surface area contributed by atoms with E-state index in [-0.39, 0.29) is 12.8 Å². The highest BCUT2D eigenvalue weighted by molar-refractivity contribution is 7.80. The molecule has 1 aliphatic carbocycles. The van der Waals surface area contributed by atoms with Crippen molar-refractivity contribution in [2.45, 2.75) is 29.5 Å². The number of halogens is 4. The molecule has 1 aromatic carbocycles. The van der Waals surface area contributed by atoms with E-state index >= 15 is 0 Å². The molecule has 0 unspecified atom stereocenters. The molecule has 1 saturated carbocycles. The Hall–Kier alpha value is -1.24. The van der Waals surface area contributed by atoms with E-state index in [1.54, 1.807) is 0 Å². The van der Waals surface area contributed by atoms with Crippen LogP contribution in [0.3, 0.4) is 0 Å². The number of nitrogens with one attached hydrogen (secondary N) is 1. The average Bonchev–Trinajstić information content (AvgIpc) is 3.01. The van der Waals surface area contributed by atoms with Crippen LogP contribution in [0.1, 0.15) is 23.2 Å². The first kappa shape index (κ1) is 13.2. The van der Waals surface area contributed by atoms with E-state index in [9.17, 15) is 22.4 Å². The Morgan fingerprint density at radius 1 is 1.33 bits per heavy atom. The standard InChI is InChI=1S/C11H9F4NOS/c12-8-2-1-6(18)5-7(8)9(17)16-10(3-4-10)11(13,14)15/h1-2,5,18H,3-4H2,(H,16,17). The summed E-state index contributed by atoms with van der Waals surface area (Å²) in [4.78, 5) is 11.9. The Morgan fingerprint density at radius 2 is 1.94 bits per heavy atom. The van der Waals surface area contributed by atoms with Crippen LogP contribution in [0.4, 0.5) is 17.6 Å². The molecule has 7 heteroatoms. The number of amides is 1. The van der Waals surface area contributed by atoms with E-state index < -0.39 is 29.0 Å². The summed E-state index contributed by atoms with van der Waals surface area (Å²) in [5.74, 6) is -1.94. The zero-order valence-corrected chi connectivity index (χ0v) is 9.91. The van der Waals surface area contributed by atoms with Gasteiger partial charge in [0.1, 0.15) is 11.4 Å². The van der Waals surface area contributed by atoms with Gasteiger partial charge in [0.15, 0.2) is 0 Å². The summed E-state index contributed by atoms with van der Waals surface area (Å²) in [5.41, 5.74) is -2.62. The van der Waals surface area contributed by atoms with E-state index in [1.807, 2.05) is 5.32 Å². The zero-order chi connectivity index (χ0) is 13.6. The van der Waals surface area contributed by atoms with Crippen molar-refractivity contribution < 1.29 is 22.4 Å². The second-order valence-electron chi connectivity index (χ2n) is 4.20. The average molecular weight is 279 g/mol. The fraction of sp³-hybridized carbons (Fsp3) is 0.364. The molecule has 18 heavy (non-hydrogen) atoms. The number of alkyl halides is 3. The van der Waals surface area contributed by atoms with Crippen molar-refractivity contribution in [2.24, 2.45) is 0 Å². The lowest BCUT2D eigenvalue weighted by atomic mass is 10.1. The third-order valence-electron chi connectivity index (χ3n) is 2.84. The second-order valence-corrected chi connectivity index (χ2v) is 4.71. The number of carbonyl (C=O) groups excluding carboxylic acids is 1. The van der Waals surface area contributed by atoms with Crippen LogP contribution in [0.2, 0.25) is 0 Å². The van der Waals surface area contributed by atoms with Crippen LogP contribution in [0, 0.1) is 5.82 Å². The Labute approximate surface area is 106 Å². The number of hydrogen-bond acceptors (Lipinski definition) is 2. The summed E-state index contributed by atoms with van der Waals surface area (Å²) in [6.07, 6.45) is -4.87. The zero-order valence-electron chi connectivity index (χ0n) is 9.01. The maximum absolute atomic E-state index is 13.3. The third kappa shape index (κ3) is 2.31. The van der Waals surface area contributed by atoms with E-state index in [2.05, 4.69) is 12.6 Å². The van der Waals surface area contributed by atoms with E-state index in [0.717, 1.165) is 12.1 Å². The van der Waals surface area contributed by atoms with Gasteiger partial charge in [0.2, 0.25) is 0 Å². The predicted molar refractivity (Wildman–Crippen MR) is 59.1 cm³/mol. The first-order chi connectivity index (χ1) is 8.25. The summed E-state index contributed by atoms with van der Waals surface area (Å²) in [6.45, 7) is 0. The van der Waals surface area contributed by atoms with Gasteiger partial charge in [0.25, 0.3) is 5.91 Å². The van der Waals surface area contributed by atoms with Gasteiger partial charge < -0.3 is 5.32 Å². The molecule has 2 rings (SSSR count). The molecule has 1 fully saturated rings. The minimum atomic E-state index is -4.52. The first-order valence-electron chi connectivity index (χ1n) is 5.13. The van der Waals surface area contributed by atoms with Crippen LogP contribution >= 0.6 is 12.6 Å². The van der Waals surface area contributed by atoms with Crippen molar-refractivity contribution in [3.8, 4) is 0 Å². The molecule has 0 radical (unpaired) electrons. The largest absolute Gasteiger partial charge is 0.411 e. The minimum Gasteiger partial charge on any atom is -0.338 e. The Bertz CT molecular complexity index is 496. The fourth-order valence-corrected chi connectivity index (χ4v) is 1.78. The van der Waals surface area contributed by atoms with Gasteiger partial charge in [-0.3, -0.25) is 4.79 Å². The molecular weight excluding hydrogens is 270 g/mol. The number of thiol groups is 1.